The molecule has 3 aromatic rings. The molecule has 0 fully saturated rings. The van der Waals surface area contributed by atoms with Crippen LogP contribution in [0.5, 0.6) is 0 Å². The fraction of sp³-hybridized carbons (Fsp3) is 0.241. The van der Waals surface area contributed by atoms with Gasteiger partial charge >= 0.3 is 5.97 Å². The number of ether oxygens (including phenoxy) is 1. The molecule has 0 radical (unpaired) electrons. The summed E-state index contributed by atoms with van der Waals surface area (Å²) < 4.78 is 5.37. The van der Waals surface area contributed by atoms with Crippen LogP contribution in [0.3, 0.4) is 0 Å². The minimum atomic E-state index is -0.896. The van der Waals surface area contributed by atoms with E-state index in [9.17, 15) is 19.2 Å². The quantitative estimate of drug-likeness (QED) is 0.207. The molecule has 2 aliphatic rings. The Kier molecular flexibility index (Phi) is 6.38. The van der Waals surface area contributed by atoms with Gasteiger partial charge in [-0.05, 0) is 67.8 Å². The van der Waals surface area contributed by atoms with Crippen LogP contribution in [0.1, 0.15) is 60.3 Å². The molecule has 5 rings (SSSR count). The number of amides is 2. The topological polar surface area (TPSA) is 84.0 Å². The second-order valence-corrected chi connectivity index (χ2v) is 9.00. The molecular formula is C29H26N2O5. The van der Waals surface area contributed by atoms with Crippen molar-refractivity contribution in [3.8, 4) is 0 Å². The number of nitrogens with zero attached hydrogens (tertiary/aromatic N) is 2. The number of anilines is 1. The van der Waals surface area contributed by atoms with Crippen molar-refractivity contribution in [2.45, 2.75) is 25.8 Å². The van der Waals surface area contributed by atoms with Gasteiger partial charge in [0.25, 0.3) is 11.8 Å². The molecule has 0 spiro atoms. The third-order valence-electron chi connectivity index (χ3n) is 6.76. The van der Waals surface area contributed by atoms with E-state index in [4.69, 9.17) is 4.74 Å². The van der Waals surface area contributed by atoms with Gasteiger partial charge in [-0.1, -0.05) is 30.3 Å². The Morgan fingerprint density at radius 1 is 0.889 bits per heavy atom. The van der Waals surface area contributed by atoms with E-state index in [0.717, 1.165) is 35.7 Å². The summed E-state index contributed by atoms with van der Waals surface area (Å²) in [5.74, 6) is -1.46. The Hall–Kier alpha value is -4.26. The van der Waals surface area contributed by atoms with Gasteiger partial charge in [-0.15, -0.1) is 0 Å². The summed E-state index contributed by atoms with van der Waals surface area (Å²) in [7, 11) is 0. The predicted molar refractivity (Wildman–Crippen MR) is 134 cm³/mol. The fourth-order valence-corrected chi connectivity index (χ4v) is 4.85. The first-order chi connectivity index (χ1) is 17.5. The Morgan fingerprint density at radius 2 is 1.56 bits per heavy atom. The maximum Gasteiger partial charge on any atom is 0.338 e. The van der Waals surface area contributed by atoms with Crippen LogP contribution in [-0.4, -0.2) is 54.2 Å². The molecule has 2 amide bonds. The molecule has 1 unspecified atom stereocenters. The summed E-state index contributed by atoms with van der Waals surface area (Å²) in [6.07, 6.45) is 1.48. The van der Waals surface area contributed by atoms with Crippen LogP contribution in [0.15, 0.2) is 72.8 Å². The minimum Gasteiger partial charge on any atom is -0.462 e. The lowest BCUT2D eigenvalue weighted by molar-refractivity contribution is 0.0501. The van der Waals surface area contributed by atoms with Crippen LogP contribution in [0.25, 0.3) is 0 Å². The van der Waals surface area contributed by atoms with E-state index >= 15 is 0 Å². The standard InChI is InChI=1S/C29H26N2O5/c1-19(31-27(33)23-10-5-6-11-24(23)28(31)34)26(32)22-12-13-25-21(18-22)14-16-30(25)15-7-17-36-29(35)20-8-3-2-4-9-20/h2-6,8-13,18-19H,7,14-17H2,1H3. The van der Waals surface area contributed by atoms with Crippen molar-refractivity contribution in [3.63, 3.8) is 0 Å². The number of fused-ring (bicyclic) bond motifs is 2. The van der Waals surface area contributed by atoms with Crippen molar-refractivity contribution < 1.29 is 23.9 Å². The summed E-state index contributed by atoms with van der Waals surface area (Å²) in [5, 5.41) is 0. The van der Waals surface area contributed by atoms with Crippen LogP contribution in [0, 0.1) is 0 Å². The molecule has 0 saturated heterocycles. The smallest absolute Gasteiger partial charge is 0.338 e. The van der Waals surface area contributed by atoms with E-state index in [1.165, 1.54) is 0 Å². The lowest BCUT2D eigenvalue weighted by Crippen LogP contribution is -2.42. The molecular weight excluding hydrogens is 456 g/mol. The highest BCUT2D eigenvalue weighted by molar-refractivity contribution is 6.23. The summed E-state index contributed by atoms with van der Waals surface area (Å²) in [6.45, 7) is 3.47. The van der Waals surface area contributed by atoms with Crippen molar-refractivity contribution in [1.29, 1.82) is 0 Å². The third kappa shape index (κ3) is 4.28. The zero-order chi connectivity index (χ0) is 25.2. The van der Waals surface area contributed by atoms with Crippen LogP contribution in [0.2, 0.25) is 0 Å². The number of esters is 1. The third-order valence-corrected chi connectivity index (χ3v) is 6.76. The number of carbonyl (C=O) groups is 4. The summed E-state index contributed by atoms with van der Waals surface area (Å²) in [5.41, 5.74) is 3.79. The average Bonchev–Trinajstić information content (AvgIpc) is 3.43. The average molecular weight is 483 g/mol. The monoisotopic (exact) mass is 482 g/mol. The van der Waals surface area contributed by atoms with Gasteiger partial charge < -0.3 is 9.64 Å². The number of imide groups is 1. The second-order valence-electron chi connectivity index (χ2n) is 9.00. The SMILES string of the molecule is CC(C(=O)c1ccc2c(c1)CCN2CCCOC(=O)c1ccccc1)N1C(=O)c2ccccc2C1=O. The maximum atomic E-state index is 13.2. The van der Waals surface area contributed by atoms with Gasteiger partial charge in [0.15, 0.2) is 5.78 Å². The Balaban J connectivity index is 1.20. The number of Topliss-reactive ketones (excluding diaryl/α,β-unsaturated/α-hetero) is 1. The number of rotatable bonds is 8. The first kappa shape index (κ1) is 23.5. The second kappa shape index (κ2) is 9.77. The molecule has 0 saturated carbocycles. The van der Waals surface area contributed by atoms with Gasteiger partial charge in [0.1, 0.15) is 6.04 Å². The zero-order valence-electron chi connectivity index (χ0n) is 20.0. The van der Waals surface area contributed by atoms with Crippen LogP contribution >= 0.6 is 0 Å². The summed E-state index contributed by atoms with van der Waals surface area (Å²) >= 11 is 0. The van der Waals surface area contributed by atoms with Gasteiger partial charge in [0.2, 0.25) is 0 Å². The first-order valence-electron chi connectivity index (χ1n) is 12.1. The molecule has 0 bridgehead atoms. The number of ketones is 1. The molecule has 3 aromatic carbocycles. The van der Waals surface area contributed by atoms with E-state index in [1.54, 1.807) is 61.5 Å². The van der Waals surface area contributed by atoms with Crippen molar-refractivity contribution >= 4 is 29.3 Å². The highest BCUT2D eigenvalue weighted by Gasteiger charge is 2.40. The lowest BCUT2D eigenvalue weighted by atomic mass is 10.0. The minimum absolute atomic E-state index is 0.265. The Morgan fingerprint density at radius 3 is 2.25 bits per heavy atom. The largest absolute Gasteiger partial charge is 0.462 e. The Labute approximate surface area is 209 Å². The van der Waals surface area contributed by atoms with Gasteiger partial charge in [-0.2, -0.15) is 0 Å². The highest BCUT2D eigenvalue weighted by Crippen LogP contribution is 2.31. The van der Waals surface area contributed by atoms with Crippen molar-refractivity contribution in [2.24, 2.45) is 0 Å². The molecule has 182 valence electrons. The zero-order valence-corrected chi connectivity index (χ0v) is 20.0. The van der Waals surface area contributed by atoms with E-state index in [2.05, 4.69) is 4.90 Å². The molecule has 2 heterocycles. The van der Waals surface area contributed by atoms with E-state index < -0.39 is 17.9 Å². The molecule has 2 aliphatic heterocycles. The van der Waals surface area contributed by atoms with E-state index in [-0.39, 0.29) is 11.8 Å². The van der Waals surface area contributed by atoms with Crippen LogP contribution in [0.4, 0.5) is 5.69 Å². The fourth-order valence-electron chi connectivity index (χ4n) is 4.85. The molecule has 0 N–H and O–H groups in total. The number of hydrogen-bond acceptors (Lipinski definition) is 6. The van der Waals surface area contributed by atoms with E-state index in [1.807, 2.05) is 18.2 Å². The number of benzene rings is 3. The predicted octanol–water partition coefficient (Wildman–Crippen LogP) is 4.16. The van der Waals surface area contributed by atoms with Gasteiger partial charge in [-0.3, -0.25) is 19.3 Å². The highest BCUT2D eigenvalue weighted by atomic mass is 16.5. The molecule has 0 aromatic heterocycles. The number of hydrogen-bond donors (Lipinski definition) is 0. The first-order valence-corrected chi connectivity index (χ1v) is 12.1. The van der Waals surface area contributed by atoms with Crippen LogP contribution in [-0.2, 0) is 11.2 Å². The van der Waals surface area contributed by atoms with Crippen LogP contribution < -0.4 is 4.90 Å². The van der Waals surface area contributed by atoms with E-state index in [0.29, 0.717) is 35.3 Å². The molecule has 36 heavy (non-hydrogen) atoms. The lowest BCUT2D eigenvalue weighted by Gasteiger charge is -2.22. The van der Waals surface area contributed by atoms with Gasteiger partial charge in [0, 0.05) is 24.3 Å². The Bertz CT molecular complexity index is 1320. The van der Waals surface area contributed by atoms with Crippen molar-refractivity contribution in [3.05, 3.63) is 101 Å². The van der Waals surface area contributed by atoms with Crippen molar-refractivity contribution in [1.82, 2.24) is 4.90 Å². The maximum absolute atomic E-state index is 13.2. The summed E-state index contributed by atoms with van der Waals surface area (Å²) in [6, 6.07) is 20.2. The van der Waals surface area contributed by atoms with Crippen molar-refractivity contribution in [2.75, 3.05) is 24.6 Å². The molecule has 7 heteroatoms. The van der Waals surface area contributed by atoms with Gasteiger partial charge in [-0.25, -0.2) is 4.79 Å². The molecule has 7 nitrogen and oxygen atoms in total. The normalized spacial score (nSPS) is 15.0. The number of carbonyl (C=O) groups excluding carboxylic acids is 4. The summed E-state index contributed by atoms with van der Waals surface area (Å²) in [4.78, 5) is 54.2. The van der Waals surface area contributed by atoms with Gasteiger partial charge in [0.05, 0.1) is 23.3 Å². The molecule has 0 aliphatic carbocycles. The molecule has 1 atom stereocenters.